The number of nitrogens with two attached hydrogens (primary N) is 2. The molecule has 7 heteroatoms. The molecule has 0 aliphatic heterocycles. The zero-order chi connectivity index (χ0) is 10.7. The smallest absolute Gasteiger partial charge is 0.328 e. The number of halogens is 3. The van der Waals surface area contributed by atoms with Crippen molar-refractivity contribution in [3.63, 3.8) is 0 Å². The molecule has 5 N–H and O–H groups in total. The van der Waals surface area contributed by atoms with Gasteiger partial charge in [0, 0.05) is 0 Å². The normalized spacial score (nSPS) is 16.7. The summed E-state index contributed by atoms with van der Waals surface area (Å²) < 4.78 is -2.03. The van der Waals surface area contributed by atoms with Gasteiger partial charge in [0.2, 0.25) is 3.79 Å². The van der Waals surface area contributed by atoms with E-state index in [1.807, 2.05) is 0 Å². The van der Waals surface area contributed by atoms with E-state index >= 15 is 0 Å². The molecule has 13 heavy (non-hydrogen) atoms. The standard InChI is InChI=1S/C6H11Cl3N2O2/c7-6(8,9)5(11,4(12)13)2-1-3-10/h1-3,10-11H2,(H,12,13)/t5-/m1/s1. The van der Waals surface area contributed by atoms with Crippen LogP contribution < -0.4 is 11.5 Å². The minimum atomic E-state index is -2.03. The van der Waals surface area contributed by atoms with Gasteiger partial charge >= 0.3 is 5.97 Å². The lowest BCUT2D eigenvalue weighted by molar-refractivity contribution is -0.143. The molecule has 0 aromatic carbocycles. The molecule has 0 spiro atoms. The van der Waals surface area contributed by atoms with Gasteiger partial charge in [0.05, 0.1) is 0 Å². The maximum atomic E-state index is 10.8. The highest BCUT2D eigenvalue weighted by molar-refractivity contribution is 6.69. The third-order valence-corrected chi connectivity index (χ3v) is 2.67. The zero-order valence-corrected chi connectivity index (χ0v) is 9.03. The molecule has 0 aromatic heterocycles. The van der Waals surface area contributed by atoms with E-state index in [0.717, 1.165) is 0 Å². The summed E-state index contributed by atoms with van der Waals surface area (Å²) in [7, 11) is 0. The molecular formula is C6H11Cl3N2O2. The van der Waals surface area contributed by atoms with Crippen molar-refractivity contribution in [3.05, 3.63) is 0 Å². The van der Waals surface area contributed by atoms with Crippen LogP contribution in [0.15, 0.2) is 0 Å². The van der Waals surface area contributed by atoms with E-state index in [0.29, 0.717) is 13.0 Å². The third kappa shape index (κ3) is 3.14. The summed E-state index contributed by atoms with van der Waals surface area (Å²) in [5.41, 5.74) is 8.78. The molecule has 0 aromatic rings. The fourth-order valence-electron chi connectivity index (χ4n) is 0.751. The number of hydrogen-bond acceptors (Lipinski definition) is 3. The van der Waals surface area contributed by atoms with Gasteiger partial charge in [-0.25, -0.2) is 0 Å². The summed E-state index contributed by atoms with van der Waals surface area (Å²) >= 11 is 16.4. The Bertz CT molecular complexity index is 195. The Morgan fingerprint density at radius 2 is 1.85 bits per heavy atom. The van der Waals surface area contributed by atoms with Gasteiger partial charge in [-0.3, -0.25) is 4.79 Å². The Kier molecular flexibility index (Phi) is 4.76. The second-order valence-corrected chi connectivity index (χ2v) is 4.95. The van der Waals surface area contributed by atoms with Crippen molar-refractivity contribution in [3.8, 4) is 0 Å². The number of hydrogen-bond donors (Lipinski definition) is 3. The SMILES string of the molecule is NCCC[C@@](N)(C(=O)O)C(Cl)(Cl)Cl. The summed E-state index contributed by atoms with van der Waals surface area (Å²) in [6, 6.07) is 0. The minimum Gasteiger partial charge on any atom is -0.480 e. The number of rotatable bonds is 4. The summed E-state index contributed by atoms with van der Waals surface area (Å²) in [5, 5.41) is 8.78. The zero-order valence-electron chi connectivity index (χ0n) is 6.77. The average Bonchev–Trinajstić information content (AvgIpc) is 1.97. The number of carboxylic acids is 1. The molecular weight excluding hydrogens is 238 g/mol. The first-order valence-electron chi connectivity index (χ1n) is 3.55. The van der Waals surface area contributed by atoms with Crippen LogP contribution in [-0.4, -0.2) is 27.0 Å². The molecule has 0 heterocycles. The number of carbonyl (C=O) groups is 1. The van der Waals surface area contributed by atoms with Crippen LogP contribution in [0.4, 0.5) is 0 Å². The van der Waals surface area contributed by atoms with Crippen molar-refractivity contribution < 1.29 is 9.90 Å². The van der Waals surface area contributed by atoms with Gasteiger partial charge in [0.15, 0.2) is 5.54 Å². The Morgan fingerprint density at radius 3 is 2.08 bits per heavy atom. The van der Waals surface area contributed by atoms with E-state index in [1.165, 1.54) is 0 Å². The molecule has 78 valence electrons. The number of carboxylic acid groups (broad SMARTS) is 1. The third-order valence-electron chi connectivity index (χ3n) is 1.66. The van der Waals surface area contributed by atoms with E-state index in [1.54, 1.807) is 0 Å². The van der Waals surface area contributed by atoms with Crippen LogP contribution in [0.3, 0.4) is 0 Å². The van der Waals surface area contributed by atoms with Crippen LogP contribution in [0, 0.1) is 0 Å². The van der Waals surface area contributed by atoms with E-state index in [4.69, 9.17) is 51.4 Å². The average molecular weight is 250 g/mol. The molecule has 0 aliphatic carbocycles. The fraction of sp³-hybridized carbons (Fsp3) is 0.833. The Morgan fingerprint density at radius 1 is 1.38 bits per heavy atom. The predicted molar refractivity (Wildman–Crippen MR) is 53.1 cm³/mol. The summed E-state index contributed by atoms with van der Waals surface area (Å²) in [4.78, 5) is 10.8. The van der Waals surface area contributed by atoms with Crippen LogP contribution in [0.25, 0.3) is 0 Å². The quantitative estimate of drug-likeness (QED) is 0.645. The molecule has 0 fully saturated rings. The number of aliphatic carboxylic acids is 1. The van der Waals surface area contributed by atoms with Crippen molar-refractivity contribution in [1.29, 1.82) is 0 Å². The molecule has 1 atom stereocenters. The minimum absolute atomic E-state index is 0.0231. The largest absolute Gasteiger partial charge is 0.480 e. The highest BCUT2D eigenvalue weighted by Gasteiger charge is 2.51. The van der Waals surface area contributed by atoms with Gasteiger partial charge in [-0.1, -0.05) is 34.8 Å². The van der Waals surface area contributed by atoms with Crippen molar-refractivity contribution in [2.75, 3.05) is 6.54 Å². The first-order valence-corrected chi connectivity index (χ1v) is 4.68. The van der Waals surface area contributed by atoms with Crippen molar-refractivity contribution in [1.82, 2.24) is 0 Å². The van der Waals surface area contributed by atoms with E-state index in [2.05, 4.69) is 0 Å². The molecule has 0 saturated heterocycles. The highest BCUT2D eigenvalue weighted by Crippen LogP contribution is 2.39. The first-order chi connectivity index (χ1) is 5.75. The number of alkyl halides is 3. The van der Waals surface area contributed by atoms with Gasteiger partial charge in [0.1, 0.15) is 0 Å². The van der Waals surface area contributed by atoms with Crippen LogP contribution in [0.1, 0.15) is 12.8 Å². The van der Waals surface area contributed by atoms with E-state index in [9.17, 15) is 4.79 Å². The van der Waals surface area contributed by atoms with Crippen molar-refractivity contribution >= 4 is 40.8 Å². The summed E-state index contributed by atoms with van der Waals surface area (Å²) in [6.07, 6.45) is 0.409. The summed E-state index contributed by atoms with van der Waals surface area (Å²) in [6.45, 7) is 0.299. The molecule has 0 bridgehead atoms. The van der Waals surface area contributed by atoms with Crippen molar-refractivity contribution in [2.24, 2.45) is 11.5 Å². The first kappa shape index (κ1) is 13.3. The van der Waals surface area contributed by atoms with Crippen LogP contribution in [-0.2, 0) is 4.79 Å². The predicted octanol–water partition coefficient (Wildman–Crippen LogP) is 0.878. The molecule has 0 unspecified atom stereocenters. The lowest BCUT2D eigenvalue weighted by atomic mass is 9.96. The van der Waals surface area contributed by atoms with E-state index in [-0.39, 0.29) is 6.42 Å². The van der Waals surface area contributed by atoms with Gasteiger partial charge in [-0.15, -0.1) is 0 Å². The molecule has 0 rings (SSSR count). The van der Waals surface area contributed by atoms with Crippen LogP contribution in [0.5, 0.6) is 0 Å². The maximum absolute atomic E-state index is 10.8. The molecule has 4 nitrogen and oxygen atoms in total. The van der Waals surface area contributed by atoms with Gasteiger partial charge in [-0.05, 0) is 19.4 Å². The topological polar surface area (TPSA) is 89.3 Å². The Labute approximate surface area is 91.1 Å². The second-order valence-electron chi connectivity index (χ2n) is 2.67. The van der Waals surface area contributed by atoms with Gasteiger partial charge in [-0.2, -0.15) is 0 Å². The monoisotopic (exact) mass is 248 g/mol. The molecule has 0 radical (unpaired) electrons. The van der Waals surface area contributed by atoms with Crippen LogP contribution in [0.2, 0.25) is 0 Å². The second kappa shape index (κ2) is 4.66. The lowest BCUT2D eigenvalue weighted by Gasteiger charge is -2.31. The van der Waals surface area contributed by atoms with Gasteiger partial charge < -0.3 is 16.6 Å². The molecule has 0 saturated carbocycles. The lowest BCUT2D eigenvalue weighted by Crippen LogP contribution is -2.58. The Balaban J connectivity index is 4.64. The van der Waals surface area contributed by atoms with Crippen LogP contribution >= 0.6 is 34.8 Å². The molecule has 0 aliphatic rings. The van der Waals surface area contributed by atoms with E-state index < -0.39 is 15.3 Å². The molecule has 0 amide bonds. The fourth-order valence-corrected chi connectivity index (χ4v) is 1.28. The Hall–Kier alpha value is 0.260. The highest BCUT2D eigenvalue weighted by atomic mass is 35.6. The van der Waals surface area contributed by atoms with Crippen molar-refractivity contribution in [2.45, 2.75) is 22.2 Å². The maximum Gasteiger partial charge on any atom is 0.328 e. The summed E-state index contributed by atoms with van der Waals surface area (Å²) in [5.74, 6) is -1.35. The van der Waals surface area contributed by atoms with Gasteiger partial charge in [0.25, 0.3) is 0 Å².